The Morgan fingerprint density at radius 3 is 2.69 bits per heavy atom. The van der Waals surface area contributed by atoms with Gasteiger partial charge in [0.2, 0.25) is 5.91 Å². The maximum Gasteiger partial charge on any atom is 0.267 e. The molecule has 3 aromatic rings. The molecule has 0 spiro atoms. The van der Waals surface area contributed by atoms with Gasteiger partial charge in [0.1, 0.15) is 5.69 Å². The molecule has 1 aliphatic heterocycles. The summed E-state index contributed by atoms with van der Waals surface area (Å²) in [5, 5.41) is 3.97. The average molecular weight is 347 g/mol. The summed E-state index contributed by atoms with van der Waals surface area (Å²) >= 11 is 0. The molecule has 1 saturated heterocycles. The molecule has 26 heavy (non-hydrogen) atoms. The molecule has 2 N–H and O–H groups in total. The normalized spacial score (nSPS) is 14.2. The number of carbonyl (C=O) groups is 2. The number of nitrogens with one attached hydrogen (secondary N) is 2. The molecule has 5 heteroatoms. The molecule has 0 unspecified atom stereocenters. The predicted octanol–water partition coefficient (Wildman–Crippen LogP) is 3.53. The average Bonchev–Trinajstić information content (AvgIpc) is 3.26. The largest absolute Gasteiger partial charge is 0.351 e. The summed E-state index contributed by atoms with van der Waals surface area (Å²) < 4.78 is 0. The van der Waals surface area contributed by atoms with Gasteiger partial charge in [0, 0.05) is 36.1 Å². The van der Waals surface area contributed by atoms with E-state index in [-0.39, 0.29) is 11.8 Å². The molecule has 4 rings (SSSR count). The van der Waals surface area contributed by atoms with Crippen molar-refractivity contribution < 1.29 is 9.59 Å². The number of hydrogen-bond donors (Lipinski definition) is 2. The van der Waals surface area contributed by atoms with E-state index >= 15 is 0 Å². The zero-order valence-corrected chi connectivity index (χ0v) is 14.7. The van der Waals surface area contributed by atoms with E-state index in [1.807, 2.05) is 60.4 Å². The summed E-state index contributed by atoms with van der Waals surface area (Å²) in [5.74, 6) is 0.0535. The number of amides is 2. The van der Waals surface area contributed by atoms with Crippen molar-refractivity contribution in [2.45, 2.75) is 26.3 Å². The van der Waals surface area contributed by atoms with E-state index < -0.39 is 0 Å². The van der Waals surface area contributed by atoms with Crippen LogP contribution in [-0.2, 0) is 11.3 Å². The fourth-order valence-corrected chi connectivity index (χ4v) is 3.36. The van der Waals surface area contributed by atoms with Crippen molar-refractivity contribution in [3.63, 3.8) is 0 Å². The molecular formula is C21H21N3O2. The second kappa shape index (κ2) is 6.67. The Labute approximate surface area is 152 Å². The molecule has 0 atom stereocenters. The van der Waals surface area contributed by atoms with Crippen LogP contribution in [0.3, 0.4) is 0 Å². The minimum atomic E-state index is -0.127. The lowest BCUT2D eigenvalue weighted by Gasteiger charge is -2.16. The molecule has 5 nitrogen and oxygen atoms in total. The fraction of sp³-hybridized carbons (Fsp3) is 0.238. The number of aromatic nitrogens is 1. The van der Waals surface area contributed by atoms with Crippen LogP contribution in [0.15, 0.2) is 48.5 Å². The van der Waals surface area contributed by atoms with Gasteiger partial charge in [-0.2, -0.15) is 0 Å². The third-order valence-corrected chi connectivity index (χ3v) is 4.80. The number of aryl methyl sites for hydroxylation is 1. The number of aromatic amines is 1. The highest BCUT2D eigenvalue weighted by atomic mass is 16.2. The van der Waals surface area contributed by atoms with Crippen LogP contribution >= 0.6 is 0 Å². The summed E-state index contributed by atoms with van der Waals surface area (Å²) in [4.78, 5) is 29.2. The Bertz CT molecular complexity index is 973. The highest BCUT2D eigenvalue weighted by molar-refractivity contribution is 5.98. The first-order valence-corrected chi connectivity index (χ1v) is 8.87. The lowest BCUT2D eigenvalue weighted by atomic mass is 10.2. The first-order chi connectivity index (χ1) is 12.6. The highest BCUT2D eigenvalue weighted by Crippen LogP contribution is 2.21. The second-order valence-corrected chi connectivity index (χ2v) is 6.77. The summed E-state index contributed by atoms with van der Waals surface area (Å²) in [5.41, 5.74) is 4.61. The lowest BCUT2D eigenvalue weighted by Crippen LogP contribution is -2.24. The smallest absolute Gasteiger partial charge is 0.267 e. The lowest BCUT2D eigenvalue weighted by molar-refractivity contribution is -0.117. The Hall–Kier alpha value is -3.08. The van der Waals surface area contributed by atoms with E-state index in [2.05, 4.69) is 10.3 Å². The van der Waals surface area contributed by atoms with Gasteiger partial charge in [-0.3, -0.25) is 9.59 Å². The maximum atomic E-state index is 12.4. The zero-order valence-electron chi connectivity index (χ0n) is 14.7. The number of H-pyrrole nitrogens is 1. The zero-order chi connectivity index (χ0) is 18.1. The Kier molecular flexibility index (Phi) is 4.21. The topological polar surface area (TPSA) is 65.2 Å². The molecule has 1 aromatic heterocycles. The molecule has 0 saturated carbocycles. The number of rotatable bonds is 4. The van der Waals surface area contributed by atoms with Crippen molar-refractivity contribution in [3.8, 4) is 0 Å². The summed E-state index contributed by atoms with van der Waals surface area (Å²) in [6, 6.07) is 15.7. The highest BCUT2D eigenvalue weighted by Gasteiger charge is 2.21. The van der Waals surface area contributed by atoms with Crippen molar-refractivity contribution in [2.24, 2.45) is 0 Å². The molecule has 2 aromatic carbocycles. The molecule has 0 radical (unpaired) electrons. The van der Waals surface area contributed by atoms with E-state index in [0.717, 1.165) is 40.7 Å². The molecule has 0 bridgehead atoms. The van der Waals surface area contributed by atoms with Crippen LogP contribution < -0.4 is 10.2 Å². The van der Waals surface area contributed by atoms with Gasteiger partial charge in [-0.25, -0.2) is 0 Å². The van der Waals surface area contributed by atoms with Gasteiger partial charge in [-0.1, -0.05) is 24.3 Å². The van der Waals surface area contributed by atoms with Crippen LogP contribution in [0, 0.1) is 6.92 Å². The first kappa shape index (κ1) is 16.4. The van der Waals surface area contributed by atoms with Gasteiger partial charge in [-0.15, -0.1) is 0 Å². The van der Waals surface area contributed by atoms with Crippen LogP contribution in [-0.4, -0.2) is 23.3 Å². The van der Waals surface area contributed by atoms with Gasteiger partial charge in [0.25, 0.3) is 5.91 Å². The molecule has 1 fully saturated rings. The predicted molar refractivity (Wildman–Crippen MR) is 102 cm³/mol. The van der Waals surface area contributed by atoms with Crippen molar-refractivity contribution in [1.82, 2.24) is 10.3 Å². The number of carbonyl (C=O) groups excluding carboxylic acids is 2. The monoisotopic (exact) mass is 347 g/mol. The second-order valence-electron chi connectivity index (χ2n) is 6.77. The van der Waals surface area contributed by atoms with E-state index in [4.69, 9.17) is 0 Å². The number of fused-ring (bicyclic) bond motifs is 1. The summed E-state index contributed by atoms with van der Waals surface area (Å²) in [6.45, 7) is 3.26. The molecule has 2 amide bonds. The van der Waals surface area contributed by atoms with Crippen molar-refractivity contribution in [1.29, 1.82) is 0 Å². The quantitative estimate of drug-likeness (QED) is 0.758. The Morgan fingerprint density at radius 1 is 1.15 bits per heavy atom. The van der Waals surface area contributed by atoms with E-state index in [1.54, 1.807) is 0 Å². The molecule has 132 valence electrons. The maximum absolute atomic E-state index is 12.4. The minimum absolute atomic E-state index is 0.127. The van der Waals surface area contributed by atoms with Crippen LogP contribution in [0.2, 0.25) is 0 Å². The number of nitrogens with zero attached hydrogens (tertiary/aromatic N) is 1. The number of hydrogen-bond acceptors (Lipinski definition) is 2. The van der Waals surface area contributed by atoms with E-state index in [9.17, 15) is 9.59 Å². The Balaban J connectivity index is 1.41. The van der Waals surface area contributed by atoms with Crippen LogP contribution in [0.25, 0.3) is 10.9 Å². The van der Waals surface area contributed by atoms with Gasteiger partial charge in [0.15, 0.2) is 0 Å². The van der Waals surface area contributed by atoms with Gasteiger partial charge >= 0.3 is 0 Å². The Morgan fingerprint density at radius 2 is 1.96 bits per heavy atom. The van der Waals surface area contributed by atoms with Crippen molar-refractivity contribution in [2.75, 3.05) is 11.4 Å². The minimum Gasteiger partial charge on any atom is -0.351 e. The SMILES string of the molecule is Cc1ccc2cc(C(=O)NCc3ccc(N4CCCC4=O)cc3)[nH]c2c1. The fourth-order valence-electron chi connectivity index (χ4n) is 3.36. The van der Waals surface area contributed by atoms with Gasteiger partial charge in [0.05, 0.1) is 0 Å². The number of benzene rings is 2. The van der Waals surface area contributed by atoms with E-state index in [1.165, 1.54) is 0 Å². The summed E-state index contributed by atoms with van der Waals surface area (Å²) in [6.07, 6.45) is 1.54. The first-order valence-electron chi connectivity index (χ1n) is 8.87. The van der Waals surface area contributed by atoms with Crippen LogP contribution in [0.1, 0.15) is 34.5 Å². The van der Waals surface area contributed by atoms with Crippen LogP contribution in [0.5, 0.6) is 0 Å². The number of anilines is 1. The van der Waals surface area contributed by atoms with Crippen molar-refractivity contribution in [3.05, 3.63) is 65.4 Å². The molecule has 0 aliphatic carbocycles. The molecule has 2 heterocycles. The standard InChI is InChI=1S/C21H21N3O2/c1-14-4-7-16-12-19(23-18(16)11-14)21(26)22-13-15-5-8-17(9-6-15)24-10-2-3-20(24)25/h4-9,11-12,23H,2-3,10,13H2,1H3,(H,22,26). The molecule has 1 aliphatic rings. The van der Waals surface area contributed by atoms with Gasteiger partial charge in [-0.05, 0) is 48.7 Å². The third-order valence-electron chi connectivity index (χ3n) is 4.80. The summed E-state index contributed by atoms with van der Waals surface area (Å²) in [7, 11) is 0. The third kappa shape index (κ3) is 3.20. The van der Waals surface area contributed by atoms with E-state index in [0.29, 0.717) is 18.7 Å². The molecular weight excluding hydrogens is 326 g/mol. The van der Waals surface area contributed by atoms with Gasteiger partial charge < -0.3 is 15.2 Å². The van der Waals surface area contributed by atoms with Crippen molar-refractivity contribution >= 4 is 28.4 Å². The van der Waals surface area contributed by atoms with Crippen LogP contribution in [0.4, 0.5) is 5.69 Å².